The molecule has 0 aliphatic carbocycles. The van der Waals surface area contributed by atoms with Crippen molar-refractivity contribution in [3.63, 3.8) is 0 Å². The molecular weight excluding hydrogens is 836 g/mol. The maximum Gasteiger partial charge on any atom is 0.318 e. The number of esters is 6. The van der Waals surface area contributed by atoms with E-state index in [4.69, 9.17) is 61.6 Å². The Morgan fingerprint density at radius 3 is 0.794 bits per heavy atom. The summed E-state index contributed by atoms with van der Waals surface area (Å²) in [4.78, 5) is 79.9. The van der Waals surface area contributed by atoms with Crippen molar-refractivity contribution in [2.45, 2.75) is 41.5 Å². The predicted molar refractivity (Wildman–Crippen MR) is 223 cm³/mol. The highest BCUT2D eigenvalue weighted by Crippen LogP contribution is 2.27. The van der Waals surface area contributed by atoms with Gasteiger partial charge in [0.15, 0.2) is 0 Å². The number of hydrogen-bond acceptors (Lipinski definition) is 20. The fourth-order valence-corrected chi connectivity index (χ4v) is 6.02. The molecule has 0 radical (unpaired) electrons. The minimum absolute atomic E-state index is 0.0685. The number of methoxy groups -OCH3 is 7. The molecule has 20 nitrogen and oxygen atoms in total. The molecule has 0 aliphatic heterocycles. The van der Waals surface area contributed by atoms with Crippen molar-refractivity contribution in [3.05, 3.63) is 0 Å². The first kappa shape index (κ1) is 59.5. The van der Waals surface area contributed by atoms with Gasteiger partial charge in [-0.3, -0.25) is 28.8 Å². The van der Waals surface area contributed by atoms with Crippen LogP contribution < -0.4 is 0 Å². The first-order valence-corrected chi connectivity index (χ1v) is 20.9. The molecule has 0 spiro atoms. The molecule has 6 atom stereocenters. The van der Waals surface area contributed by atoms with Crippen molar-refractivity contribution in [3.8, 4) is 0 Å². The minimum atomic E-state index is -1.75. The second kappa shape index (κ2) is 32.2. The number of aliphatic hydroxyl groups excluding tert-OH is 1. The number of carbonyl (C=O) groups is 6. The van der Waals surface area contributed by atoms with E-state index in [1.807, 2.05) is 0 Å². The molecule has 63 heavy (non-hydrogen) atoms. The van der Waals surface area contributed by atoms with E-state index < -0.39 is 116 Å². The van der Waals surface area contributed by atoms with Gasteiger partial charge in [-0.25, -0.2) is 0 Å². The van der Waals surface area contributed by atoms with E-state index >= 15 is 0 Å². The van der Waals surface area contributed by atoms with Crippen LogP contribution in [0.4, 0.5) is 0 Å². The van der Waals surface area contributed by atoms with Crippen LogP contribution in [0.1, 0.15) is 41.5 Å². The third kappa shape index (κ3) is 20.9. The van der Waals surface area contributed by atoms with E-state index in [-0.39, 0.29) is 70.6 Å². The summed E-state index contributed by atoms with van der Waals surface area (Å²) in [6.45, 7) is 6.81. The van der Waals surface area contributed by atoms with Crippen molar-refractivity contribution in [2.24, 2.45) is 58.2 Å². The quantitative estimate of drug-likeness (QED) is 0.0535. The third-order valence-corrected chi connectivity index (χ3v) is 10.9. The lowest BCUT2D eigenvalue weighted by molar-refractivity contribution is -0.181. The lowest BCUT2D eigenvalue weighted by Gasteiger charge is -2.30. The maximum absolute atomic E-state index is 13.7. The van der Waals surface area contributed by atoms with Gasteiger partial charge >= 0.3 is 35.8 Å². The zero-order chi connectivity index (χ0) is 48.2. The Bertz CT molecular complexity index is 1290. The molecule has 20 heteroatoms. The zero-order valence-corrected chi connectivity index (χ0v) is 39.7. The Labute approximate surface area is 372 Å². The molecule has 0 saturated carbocycles. The Morgan fingerprint density at radius 2 is 0.587 bits per heavy atom. The highest BCUT2D eigenvalue weighted by Gasteiger charge is 2.42. The molecule has 0 bridgehead atoms. The van der Waals surface area contributed by atoms with Crippen LogP contribution in [0.25, 0.3) is 0 Å². The lowest BCUT2D eigenvalue weighted by Crippen LogP contribution is -2.44. The summed E-state index contributed by atoms with van der Waals surface area (Å²) in [7, 11) is 10.3. The smallest absolute Gasteiger partial charge is 0.318 e. The first-order chi connectivity index (χ1) is 29.8. The molecule has 0 heterocycles. The summed E-state index contributed by atoms with van der Waals surface area (Å²) in [5.41, 5.74) is -3.48. The van der Waals surface area contributed by atoms with Gasteiger partial charge in [-0.05, 0) is 13.8 Å². The zero-order valence-electron chi connectivity index (χ0n) is 39.7. The molecule has 0 fully saturated rings. The number of aliphatic hydroxyl groups is 1. The van der Waals surface area contributed by atoms with Gasteiger partial charge in [0.05, 0.1) is 69.9 Å². The largest absolute Gasteiger partial charge is 0.464 e. The van der Waals surface area contributed by atoms with E-state index in [1.54, 1.807) is 20.8 Å². The summed E-state index contributed by atoms with van der Waals surface area (Å²) >= 11 is 0. The summed E-state index contributed by atoms with van der Waals surface area (Å²) in [6.07, 6.45) is 0. The van der Waals surface area contributed by atoms with E-state index in [0.717, 1.165) is 0 Å². The monoisotopic (exact) mass is 912 g/mol. The molecule has 0 amide bonds. The van der Waals surface area contributed by atoms with Gasteiger partial charge in [0.25, 0.3) is 0 Å². The lowest BCUT2D eigenvalue weighted by atomic mass is 9.91. The highest BCUT2D eigenvalue weighted by molar-refractivity contribution is 5.80. The van der Waals surface area contributed by atoms with E-state index in [9.17, 15) is 33.9 Å². The Balaban J connectivity index is 6.22. The summed E-state index contributed by atoms with van der Waals surface area (Å²) in [6, 6.07) is 0. The number of rotatable bonds is 36. The SMILES string of the molecule is COCC(CO)C(C)C(=O)OCC(C)(COC(=O)C(C)C(COC)COC)C(=O)OCCOC(=O)C(C)(COC(=O)C(C)C(COC)COC)COC(=O)C(C)C(COC)COC. The molecular formula is C43H76O20. The average Bonchev–Trinajstić information content (AvgIpc) is 3.27. The van der Waals surface area contributed by atoms with Crippen molar-refractivity contribution < 1.29 is 95.5 Å². The Hall–Kier alpha value is -3.50. The maximum atomic E-state index is 13.7. The summed E-state index contributed by atoms with van der Waals surface area (Å²) in [5.74, 6) is -9.27. The van der Waals surface area contributed by atoms with Crippen LogP contribution in [-0.2, 0) is 90.3 Å². The van der Waals surface area contributed by atoms with Gasteiger partial charge in [-0.15, -0.1) is 0 Å². The molecule has 0 aromatic carbocycles. The van der Waals surface area contributed by atoms with E-state index in [1.165, 1.54) is 70.5 Å². The van der Waals surface area contributed by atoms with Crippen LogP contribution >= 0.6 is 0 Å². The Morgan fingerprint density at radius 1 is 0.381 bits per heavy atom. The topological polar surface area (TPSA) is 243 Å². The van der Waals surface area contributed by atoms with Gasteiger partial charge in [0.1, 0.15) is 50.5 Å². The second-order valence-electron chi connectivity index (χ2n) is 16.4. The normalized spacial score (nSPS) is 16.0. The molecule has 368 valence electrons. The third-order valence-electron chi connectivity index (χ3n) is 10.9. The molecule has 0 rings (SSSR count). The summed E-state index contributed by atoms with van der Waals surface area (Å²) in [5, 5.41) is 9.75. The van der Waals surface area contributed by atoms with Crippen molar-refractivity contribution >= 4 is 35.8 Å². The second-order valence-corrected chi connectivity index (χ2v) is 16.4. The molecule has 0 saturated heterocycles. The fourth-order valence-electron chi connectivity index (χ4n) is 6.02. The van der Waals surface area contributed by atoms with Crippen LogP contribution in [0.15, 0.2) is 0 Å². The minimum Gasteiger partial charge on any atom is -0.464 e. The van der Waals surface area contributed by atoms with Crippen molar-refractivity contribution in [2.75, 3.05) is 142 Å². The average molecular weight is 913 g/mol. The van der Waals surface area contributed by atoms with E-state index in [0.29, 0.717) is 0 Å². The standard InChI is InChI=1S/C43H76O20/c1-28(32(16-44)17-51-7)36(45)60-24-42(5,25-61-37(46)29(2)33(18-52-8)19-53-9)40(49)58-14-15-59-41(50)43(6,26-62-38(47)30(3)34(20-54-10)21-55-11)27-63-39(48)31(4)35(22-56-12)23-57-13/h28-35,44H,14-27H2,1-13H3. The van der Waals surface area contributed by atoms with E-state index in [2.05, 4.69) is 0 Å². The predicted octanol–water partition coefficient (Wildman–Crippen LogP) is 1.78. The molecule has 0 aliphatic rings. The van der Waals surface area contributed by atoms with Crippen molar-refractivity contribution in [1.29, 1.82) is 0 Å². The molecule has 0 aromatic heterocycles. The van der Waals surface area contributed by atoms with Gasteiger partial charge in [0, 0.05) is 80.0 Å². The highest BCUT2D eigenvalue weighted by atomic mass is 16.6. The van der Waals surface area contributed by atoms with Crippen LogP contribution in [0.2, 0.25) is 0 Å². The van der Waals surface area contributed by atoms with Crippen molar-refractivity contribution in [1.82, 2.24) is 0 Å². The number of ether oxygens (including phenoxy) is 13. The molecule has 0 aromatic rings. The van der Waals surface area contributed by atoms with Gasteiger partial charge < -0.3 is 66.7 Å². The van der Waals surface area contributed by atoms with Gasteiger partial charge in [-0.2, -0.15) is 0 Å². The number of carbonyl (C=O) groups excluding carboxylic acids is 6. The summed E-state index contributed by atoms with van der Waals surface area (Å²) < 4.78 is 69.6. The fraction of sp³-hybridized carbons (Fsp3) is 0.860. The first-order valence-electron chi connectivity index (χ1n) is 20.9. The van der Waals surface area contributed by atoms with Gasteiger partial charge in [0.2, 0.25) is 0 Å². The van der Waals surface area contributed by atoms with Crippen LogP contribution in [0, 0.1) is 58.2 Å². The Kier molecular flexibility index (Phi) is 30.4. The van der Waals surface area contributed by atoms with Crippen LogP contribution in [0.3, 0.4) is 0 Å². The number of hydrogen-bond donors (Lipinski definition) is 1. The molecule has 6 unspecified atom stereocenters. The van der Waals surface area contributed by atoms with Crippen LogP contribution in [0.5, 0.6) is 0 Å². The van der Waals surface area contributed by atoms with Crippen LogP contribution in [-0.4, -0.2) is 183 Å². The molecule has 1 N–H and O–H groups in total. The van der Waals surface area contributed by atoms with Gasteiger partial charge in [-0.1, -0.05) is 27.7 Å².